The van der Waals surface area contributed by atoms with Gasteiger partial charge in [-0.05, 0) is 18.1 Å². The van der Waals surface area contributed by atoms with E-state index < -0.39 is 5.97 Å². The lowest BCUT2D eigenvalue weighted by Crippen LogP contribution is -2.40. The predicted molar refractivity (Wildman–Crippen MR) is 81.2 cm³/mol. The number of carbonyl (C=O) groups excluding carboxylic acids is 1. The summed E-state index contributed by atoms with van der Waals surface area (Å²) in [5.74, 6) is -0.815. The van der Waals surface area contributed by atoms with E-state index in [2.05, 4.69) is 5.32 Å². The first kappa shape index (κ1) is 16.9. The molecule has 0 aliphatic rings. The molecule has 1 atom stereocenters. The van der Waals surface area contributed by atoms with Gasteiger partial charge < -0.3 is 10.4 Å². The SMILES string of the molecule is CC(C)C(CC(=O)O)NC(=O)CSc1ccccc1Cl. The Morgan fingerprint density at radius 3 is 2.55 bits per heavy atom. The van der Waals surface area contributed by atoms with Crippen molar-refractivity contribution >= 4 is 35.2 Å². The minimum absolute atomic E-state index is 0.0693. The van der Waals surface area contributed by atoms with Crippen molar-refractivity contribution in [2.24, 2.45) is 5.92 Å². The minimum atomic E-state index is -0.914. The van der Waals surface area contributed by atoms with Crippen molar-refractivity contribution in [2.75, 3.05) is 5.75 Å². The molecule has 110 valence electrons. The number of amides is 1. The summed E-state index contributed by atoms with van der Waals surface area (Å²) >= 11 is 7.34. The van der Waals surface area contributed by atoms with Crippen LogP contribution in [0.3, 0.4) is 0 Å². The van der Waals surface area contributed by atoms with Crippen molar-refractivity contribution in [3.63, 3.8) is 0 Å². The molecule has 1 rings (SSSR count). The van der Waals surface area contributed by atoms with Crippen LogP contribution in [-0.2, 0) is 9.59 Å². The number of benzene rings is 1. The average Bonchev–Trinajstić information content (AvgIpc) is 2.36. The molecular weight excluding hydrogens is 298 g/mol. The normalized spacial score (nSPS) is 12.2. The molecule has 4 nitrogen and oxygen atoms in total. The van der Waals surface area contributed by atoms with E-state index >= 15 is 0 Å². The average molecular weight is 316 g/mol. The van der Waals surface area contributed by atoms with Crippen molar-refractivity contribution in [1.82, 2.24) is 5.32 Å². The molecule has 0 bridgehead atoms. The fourth-order valence-electron chi connectivity index (χ4n) is 1.60. The predicted octanol–water partition coefficient (Wildman–Crippen LogP) is 3.05. The van der Waals surface area contributed by atoms with Crippen LogP contribution in [-0.4, -0.2) is 28.8 Å². The van der Waals surface area contributed by atoms with Crippen LogP contribution in [0.2, 0.25) is 5.02 Å². The molecule has 0 spiro atoms. The summed E-state index contributed by atoms with van der Waals surface area (Å²) in [5.41, 5.74) is 0. The first-order valence-corrected chi connectivity index (χ1v) is 7.65. The minimum Gasteiger partial charge on any atom is -0.481 e. The van der Waals surface area contributed by atoms with E-state index in [0.717, 1.165) is 4.90 Å². The molecule has 0 fully saturated rings. The summed E-state index contributed by atoms with van der Waals surface area (Å²) in [6.45, 7) is 3.77. The van der Waals surface area contributed by atoms with Gasteiger partial charge in [-0.15, -0.1) is 11.8 Å². The van der Waals surface area contributed by atoms with E-state index in [1.165, 1.54) is 11.8 Å². The second-order valence-electron chi connectivity index (χ2n) is 4.73. The molecule has 0 aliphatic carbocycles. The van der Waals surface area contributed by atoms with Crippen molar-refractivity contribution in [2.45, 2.75) is 31.2 Å². The Morgan fingerprint density at radius 2 is 2.00 bits per heavy atom. The quantitative estimate of drug-likeness (QED) is 0.759. The van der Waals surface area contributed by atoms with Crippen molar-refractivity contribution < 1.29 is 14.7 Å². The van der Waals surface area contributed by atoms with E-state index in [4.69, 9.17) is 16.7 Å². The first-order chi connectivity index (χ1) is 9.40. The highest BCUT2D eigenvalue weighted by atomic mass is 35.5. The molecule has 0 radical (unpaired) electrons. The van der Waals surface area contributed by atoms with E-state index in [1.54, 1.807) is 6.07 Å². The number of aliphatic carboxylic acids is 1. The second-order valence-corrected chi connectivity index (χ2v) is 6.16. The highest BCUT2D eigenvalue weighted by Crippen LogP contribution is 2.26. The van der Waals surface area contributed by atoms with E-state index in [9.17, 15) is 9.59 Å². The molecule has 6 heteroatoms. The maximum absolute atomic E-state index is 11.9. The van der Waals surface area contributed by atoms with Gasteiger partial charge in [0, 0.05) is 10.9 Å². The molecule has 0 heterocycles. The lowest BCUT2D eigenvalue weighted by atomic mass is 10.0. The maximum Gasteiger partial charge on any atom is 0.305 e. The smallest absolute Gasteiger partial charge is 0.305 e. The van der Waals surface area contributed by atoms with Crippen LogP contribution in [0, 0.1) is 5.92 Å². The highest BCUT2D eigenvalue weighted by Gasteiger charge is 2.19. The zero-order valence-corrected chi connectivity index (χ0v) is 13.0. The van der Waals surface area contributed by atoms with E-state index in [1.807, 2.05) is 32.0 Å². The molecule has 1 aromatic rings. The van der Waals surface area contributed by atoms with E-state index in [0.29, 0.717) is 5.02 Å². The Labute approximate surface area is 127 Å². The summed E-state index contributed by atoms with van der Waals surface area (Å²) in [5, 5.41) is 12.2. The third-order valence-corrected chi connectivity index (χ3v) is 4.26. The van der Waals surface area contributed by atoms with Gasteiger partial charge in [-0.1, -0.05) is 37.6 Å². The number of hydrogen-bond donors (Lipinski definition) is 2. The Hall–Kier alpha value is -1.20. The highest BCUT2D eigenvalue weighted by molar-refractivity contribution is 8.00. The topological polar surface area (TPSA) is 66.4 Å². The van der Waals surface area contributed by atoms with Crippen LogP contribution < -0.4 is 5.32 Å². The second kappa shape index (κ2) is 8.17. The summed E-state index contributed by atoms with van der Waals surface area (Å²) in [7, 11) is 0. The fraction of sp³-hybridized carbons (Fsp3) is 0.429. The molecule has 2 N–H and O–H groups in total. The molecule has 20 heavy (non-hydrogen) atoms. The summed E-state index contributed by atoms with van der Waals surface area (Å²) < 4.78 is 0. The molecule has 0 aromatic heterocycles. The first-order valence-electron chi connectivity index (χ1n) is 6.28. The number of carboxylic acid groups (broad SMARTS) is 1. The number of thioether (sulfide) groups is 1. The number of nitrogens with one attached hydrogen (secondary N) is 1. The summed E-state index contributed by atoms with van der Waals surface area (Å²) in [4.78, 5) is 23.4. The van der Waals surface area contributed by atoms with Gasteiger partial charge >= 0.3 is 5.97 Å². The van der Waals surface area contributed by atoms with Gasteiger partial charge in [-0.3, -0.25) is 9.59 Å². The van der Waals surface area contributed by atoms with Crippen LogP contribution in [0.15, 0.2) is 29.2 Å². The molecule has 0 saturated heterocycles. The number of rotatable bonds is 7. The van der Waals surface area contributed by atoms with Crippen molar-refractivity contribution in [1.29, 1.82) is 0 Å². The number of carbonyl (C=O) groups is 2. The molecule has 1 amide bonds. The summed E-state index contributed by atoms with van der Waals surface area (Å²) in [6.07, 6.45) is -0.0693. The van der Waals surface area contributed by atoms with E-state index in [-0.39, 0.29) is 30.0 Å². The van der Waals surface area contributed by atoms with Crippen LogP contribution in [0.25, 0.3) is 0 Å². The molecule has 1 aromatic carbocycles. The van der Waals surface area contributed by atoms with Crippen LogP contribution in [0.4, 0.5) is 0 Å². The number of halogens is 1. The van der Waals surface area contributed by atoms with Crippen molar-refractivity contribution in [3.05, 3.63) is 29.3 Å². The standard InChI is InChI=1S/C14H18ClNO3S/c1-9(2)11(7-14(18)19)16-13(17)8-20-12-6-4-3-5-10(12)15/h3-6,9,11H,7-8H2,1-2H3,(H,16,17)(H,18,19). The van der Waals surface area contributed by atoms with Gasteiger partial charge in [-0.2, -0.15) is 0 Å². The van der Waals surface area contributed by atoms with Crippen LogP contribution in [0.1, 0.15) is 20.3 Å². The lowest BCUT2D eigenvalue weighted by Gasteiger charge is -2.20. The summed E-state index contributed by atoms with van der Waals surface area (Å²) in [6, 6.07) is 6.94. The maximum atomic E-state index is 11.9. The Kier molecular flexibility index (Phi) is 6.88. The molecule has 0 saturated carbocycles. The largest absolute Gasteiger partial charge is 0.481 e. The third-order valence-electron chi connectivity index (χ3n) is 2.74. The van der Waals surface area contributed by atoms with Crippen LogP contribution >= 0.6 is 23.4 Å². The van der Waals surface area contributed by atoms with Gasteiger partial charge in [0.2, 0.25) is 5.91 Å². The molecule has 1 unspecified atom stereocenters. The van der Waals surface area contributed by atoms with Gasteiger partial charge in [0.25, 0.3) is 0 Å². The van der Waals surface area contributed by atoms with Gasteiger partial charge in [0.15, 0.2) is 0 Å². The lowest BCUT2D eigenvalue weighted by molar-refractivity contribution is -0.138. The number of hydrogen-bond acceptors (Lipinski definition) is 3. The Balaban J connectivity index is 2.50. The zero-order chi connectivity index (χ0) is 15.1. The molecule has 0 aliphatic heterocycles. The van der Waals surface area contributed by atoms with Gasteiger partial charge in [0.1, 0.15) is 0 Å². The third kappa shape index (κ3) is 5.84. The van der Waals surface area contributed by atoms with Crippen molar-refractivity contribution in [3.8, 4) is 0 Å². The van der Waals surface area contributed by atoms with Gasteiger partial charge in [-0.25, -0.2) is 0 Å². The monoisotopic (exact) mass is 315 g/mol. The van der Waals surface area contributed by atoms with Gasteiger partial charge in [0.05, 0.1) is 17.2 Å². The number of carboxylic acids is 1. The fourth-order valence-corrected chi connectivity index (χ4v) is 2.65. The zero-order valence-electron chi connectivity index (χ0n) is 11.4. The Bertz CT molecular complexity index is 479. The van der Waals surface area contributed by atoms with Crippen LogP contribution in [0.5, 0.6) is 0 Å². The Morgan fingerprint density at radius 1 is 1.35 bits per heavy atom. The molecular formula is C14H18ClNO3S.